The fourth-order valence-electron chi connectivity index (χ4n) is 3.99. The lowest BCUT2D eigenvalue weighted by atomic mass is 9.79. The number of H-pyrrole nitrogens is 1. The summed E-state index contributed by atoms with van der Waals surface area (Å²) in [4.78, 5) is 19.3. The van der Waals surface area contributed by atoms with Crippen molar-refractivity contribution < 1.29 is 4.79 Å². The van der Waals surface area contributed by atoms with Crippen LogP contribution in [0.5, 0.6) is 0 Å². The molecule has 3 aliphatic heterocycles. The van der Waals surface area contributed by atoms with E-state index in [2.05, 4.69) is 22.1 Å². The molecule has 0 spiro atoms. The fraction of sp³-hybridized carbons (Fsp3) is 0.421. The van der Waals surface area contributed by atoms with E-state index in [1.54, 1.807) is 11.8 Å². The van der Waals surface area contributed by atoms with Crippen molar-refractivity contribution in [2.45, 2.75) is 41.8 Å². The summed E-state index contributed by atoms with van der Waals surface area (Å²) in [6.45, 7) is 4.58. The van der Waals surface area contributed by atoms with E-state index in [4.69, 9.17) is 11.6 Å². The number of nitrogens with zero attached hydrogens (tertiary/aromatic N) is 1. The zero-order valence-electron chi connectivity index (χ0n) is 14.2. The molecule has 4 heterocycles. The zero-order valence-corrected chi connectivity index (χ0v) is 15.7. The number of nitrogens with one attached hydrogen (secondary N) is 2. The summed E-state index contributed by atoms with van der Waals surface area (Å²) >= 11 is 7.50. The Bertz CT molecular complexity index is 750. The first kappa shape index (κ1) is 17.0. The molecule has 0 aliphatic carbocycles. The van der Waals surface area contributed by atoms with Gasteiger partial charge in [0.25, 0.3) is 5.91 Å². The highest BCUT2D eigenvalue weighted by molar-refractivity contribution is 7.99. The number of hydrogen-bond donors (Lipinski definition) is 2. The molecule has 0 saturated carbocycles. The zero-order chi connectivity index (χ0) is 17.4. The minimum Gasteiger partial charge on any atom is -0.347 e. The van der Waals surface area contributed by atoms with Crippen molar-refractivity contribution in [2.75, 3.05) is 13.1 Å². The molecule has 6 heteroatoms. The first-order chi connectivity index (χ1) is 12.1. The van der Waals surface area contributed by atoms with Crippen LogP contribution in [0.2, 0.25) is 5.15 Å². The van der Waals surface area contributed by atoms with Gasteiger partial charge in [-0.1, -0.05) is 23.4 Å². The van der Waals surface area contributed by atoms with Gasteiger partial charge < -0.3 is 10.3 Å². The maximum atomic E-state index is 12.6. The van der Waals surface area contributed by atoms with Gasteiger partial charge in [-0.05, 0) is 75.2 Å². The van der Waals surface area contributed by atoms with Crippen LogP contribution in [-0.4, -0.2) is 41.0 Å². The van der Waals surface area contributed by atoms with Gasteiger partial charge in [0.2, 0.25) is 0 Å². The minimum atomic E-state index is 0.0325. The number of aromatic nitrogens is 1. The van der Waals surface area contributed by atoms with Crippen LogP contribution in [0.1, 0.15) is 30.1 Å². The van der Waals surface area contributed by atoms with E-state index in [-0.39, 0.29) is 11.9 Å². The van der Waals surface area contributed by atoms with Crippen molar-refractivity contribution in [3.63, 3.8) is 0 Å². The number of hydrogen-bond acceptors (Lipinski definition) is 3. The number of benzene rings is 1. The standard InChI is InChI=1S/C19H22ClN3OS/c1-12-18(13-8-10-23(12)11-9-13)22-19(24)14-2-4-15(5-3-14)25-17-7-6-16(20)21-17/h2-7,12-13,18,21H,8-11H2,1H3,(H,22,24)/t12?,18-/m0/s1. The monoisotopic (exact) mass is 375 g/mol. The number of piperidine rings is 3. The van der Waals surface area contributed by atoms with Crippen LogP contribution >= 0.6 is 23.4 Å². The van der Waals surface area contributed by atoms with Crippen molar-refractivity contribution in [2.24, 2.45) is 5.92 Å². The first-order valence-corrected chi connectivity index (χ1v) is 9.97. The molecule has 3 aliphatic rings. The predicted molar refractivity (Wildman–Crippen MR) is 101 cm³/mol. The summed E-state index contributed by atoms with van der Waals surface area (Å²) in [5.41, 5.74) is 0.720. The molecule has 2 atom stereocenters. The molecule has 1 aromatic carbocycles. The molecule has 2 N–H and O–H groups in total. The molecule has 1 aromatic heterocycles. The third-order valence-corrected chi connectivity index (χ3v) is 6.63. The van der Waals surface area contributed by atoms with Crippen LogP contribution < -0.4 is 5.32 Å². The number of halogens is 1. The molecule has 4 nitrogen and oxygen atoms in total. The summed E-state index contributed by atoms with van der Waals surface area (Å²) in [6.07, 6.45) is 2.40. The van der Waals surface area contributed by atoms with Crippen LogP contribution in [0.4, 0.5) is 0 Å². The number of carbonyl (C=O) groups excluding carboxylic acids is 1. The van der Waals surface area contributed by atoms with Crippen molar-refractivity contribution in [1.29, 1.82) is 0 Å². The number of fused-ring (bicyclic) bond motifs is 3. The van der Waals surface area contributed by atoms with E-state index in [9.17, 15) is 4.79 Å². The molecule has 5 rings (SSSR count). The summed E-state index contributed by atoms with van der Waals surface area (Å²) < 4.78 is 0. The van der Waals surface area contributed by atoms with Crippen molar-refractivity contribution in [1.82, 2.24) is 15.2 Å². The van der Waals surface area contributed by atoms with Gasteiger partial charge in [-0.2, -0.15) is 0 Å². The molecule has 25 heavy (non-hydrogen) atoms. The first-order valence-electron chi connectivity index (χ1n) is 8.77. The number of carbonyl (C=O) groups is 1. The normalized spacial score (nSPS) is 28.1. The van der Waals surface area contributed by atoms with Crippen LogP contribution in [0, 0.1) is 5.92 Å². The van der Waals surface area contributed by atoms with E-state index in [0.717, 1.165) is 15.5 Å². The molecule has 2 aromatic rings. The van der Waals surface area contributed by atoms with Crippen LogP contribution in [0.15, 0.2) is 46.3 Å². The molecule has 2 bridgehead atoms. The Balaban J connectivity index is 1.40. The highest BCUT2D eigenvalue weighted by atomic mass is 35.5. The molecule has 3 saturated heterocycles. The third-order valence-electron chi connectivity index (χ3n) is 5.44. The van der Waals surface area contributed by atoms with Gasteiger partial charge in [0.1, 0.15) is 5.15 Å². The average Bonchev–Trinajstić information content (AvgIpc) is 3.04. The summed E-state index contributed by atoms with van der Waals surface area (Å²) in [5.74, 6) is 0.654. The number of amides is 1. The molecule has 132 valence electrons. The Hall–Kier alpha value is -1.43. The average molecular weight is 376 g/mol. The smallest absolute Gasteiger partial charge is 0.251 e. The molecule has 3 fully saturated rings. The second-order valence-corrected chi connectivity index (χ2v) is 8.43. The van der Waals surface area contributed by atoms with E-state index in [0.29, 0.717) is 17.1 Å². The molecular weight excluding hydrogens is 354 g/mol. The summed E-state index contributed by atoms with van der Waals surface area (Å²) in [6, 6.07) is 12.2. The summed E-state index contributed by atoms with van der Waals surface area (Å²) in [7, 11) is 0. The van der Waals surface area contributed by atoms with E-state index in [1.165, 1.54) is 25.9 Å². The van der Waals surface area contributed by atoms with Crippen LogP contribution in [-0.2, 0) is 0 Å². The maximum absolute atomic E-state index is 12.6. The van der Waals surface area contributed by atoms with Crippen LogP contribution in [0.3, 0.4) is 0 Å². The predicted octanol–water partition coefficient (Wildman–Crippen LogP) is 4.03. The second-order valence-electron chi connectivity index (χ2n) is 6.91. The molecule has 1 unspecified atom stereocenters. The Morgan fingerprint density at radius 3 is 2.52 bits per heavy atom. The number of rotatable bonds is 4. The van der Waals surface area contributed by atoms with Crippen molar-refractivity contribution in [3.05, 3.63) is 47.1 Å². The molecule has 1 amide bonds. The van der Waals surface area contributed by atoms with E-state index < -0.39 is 0 Å². The Morgan fingerprint density at radius 1 is 1.20 bits per heavy atom. The molecular formula is C19H22ClN3OS. The quantitative estimate of drug-likeness (QED) is 0.848. The highest BCUT2D eigenvalue weighted by Crippen LogP contribution is 2.32. The van der Waals surface area contributed by atoms with Gasteiger partial charge in [0.15, 0.2) is 0 Å². The Labute approximate surface area is 157 Å². The van der Waals surface area contributed by atoms with Gasteiger partial charge in [-0.3, -0.25) is 9.69 Å². The lowest BCUT2D eigenvalue weighted by Gasteiger charge is -2.49. The fourth-order valence-corrected chi connectivity index (χ4v) is 5.03. The van der Waals surface area contributed by atoms with Gasteiger partial charge in [-0.15, -0.1) is 0 Å². The molecule has 0 radical (unpaired) electrons. The summed E-state index contributed by atoms with van der Waals surface area (Å²) in [5, 5.41) is 4.90. The van der Waals surface area contributed by atoms with Crippen molar-refractivity contribution >= 4 is 29.3 Å². The van der Waals surface area contributed by atoms with Gasteiger partial charge in [-0.25, -0.2) is 0 Å². The lowest BCUT2D eigenvalue weighted by Crippen LogP contribution is -2.62. The maximum Gasteiger partial charge on any atom is 0.251 e. The Morgan fingerprint density at radius 2 is 1.92 bits per heavy atom. The number of aromatic amines is 1. The minimum absolute atomic E-state index is 0.0325. The van der Waals surface area contributed by atoms with Crippen molar-refractivity contribution in [3.8, 4) is 0 Å². The SMILES string of the molecule is CC1[C@H](NC(=O)c2ccc(Sc3ccc(Cl)[nH]3)cc2)C2CCN1CC2. The van der Waals surface area contributed by atoms with Gasteiger partial charge in [0, 0.05) is 22.5 Å². The van der Waals surface area contributed by atoms with Gasteiger partial charge in [0.05, 0.1) is 5.03 Å². The van der Waals surface area contributed by atoms with Crippen LogP contribution in [0.25, 0.3) is 0 Å². The topological polar surface area (TPSA) is 48.1 Å². The van der Waals surface area contributed by atoms with E-state index in [1.807, 2.05) is 36.4 Å². The van der Waals surface area contributed by atoms with Gasteiger partial charge >= 0.3 is 0 Å². The highest BCUT2D eigenvalue weighted by Gasteiger charge is 2.40. The largest absolute Gasteiger partial charge is 0.347 e. The Kier molecular flexibility index (Phi) is 4.80. The third kappa shape index (κ3) is 3.59. The van der Waals surface area contributed by atoms with E-state index >= 15 is 0 Å². The second kappa shape index (κ2) is 7.06. The lowest BCUT2D eigenvalue weighted by molar-refractivity contribution is 0.0217.